The monoisotopic (exact) mass is 408 g/mol. The van der Waals surface area contributed by atoms with Crippen LogP contribution in [0.1, 0.15) is 11.8 Å². The molecule has 0 saturated heterocycles. The maximum atomic E-state index is 12.1. The average molecular weight is 409 g/mol. The van der Waals surface area contributed by atoms with E-state index in [0.29, 0.717) is 20.7 Å². The quantitative estimate of drug-likeness (QED) is 0.767. The van der Waals surface area contributed by atoms with Crippen molar-refractivity contribution in [1.29, 1.82) is 0 Å². The number of halogens is 2. The van der Waals surface area contributed by atoms with Crippen LogP contribution in [0.25, 0.3) is 0 Å². The number of primary sulfonamides is 1. The lowest BCUT2D eigenvalue weighted by molar-refractivity contribution is -0.127. The maximum absolute atomic E-state index is 12.1. The van der Waals surface area contributed by atoms with Gasteiger partial charge in [0.1, 0.15) is 9.96 Å². The van der Waals surface area contributed by atoms with E-state index in [-0.39, 0.29) is 16.7 Å². The van der Waals surface area contributed by atoms with E-state index in [9.17, 15) is 13.2 Å². The molecule has 1 atom stereocenters. The number of hydrogen-bond donors (Lipinski definition) is 2. The lowest BCUT2D eigenvalue weighted by atomic mass is 10.3. The number of carbonyl (C=O) groups excluding carboxylic acids is 1. The van der Waals surface area contributed by atoms with Crippen molar-refractivity contribution < 1.29 is 17.9 Å². The third-order valence-electron chi connectivity index (χ3n) is 2.92. The van der Waals surface area contributed by atoms with Crippen LogP contribution in [-0.2, 0) is 21.4 Å². The minimum Gasteiger partial charge on any atom is -0.479 e. The Hall–Kier alpha value is -1.32. The summed E-state index contributed by atoms with van der Waals surface area (Å²) in [4.78, 5) is 12.7. The van der Waals surface area contributed by atoms with E-state index in [0.717, 1.165) is 11.3 Å². The first-order chi connectivity index (χ1) is 11.2. The van der Waals surface area contributed by atoms with Crippen LogP contribution in [0.2, 0.25) is 10.0 Å². The van der Waals surface area contributed by atoms with Crippen molar-refractivity contribution in [1.82, 2.24) is 5.32 Å². The van der Waals surface area contributed by atoms with Crippen LogP contribution < -0.4 is 15.2 Å². The van der Waals surface area contributed by atoms with Crippen LogP contribution in [0.15, 0.2) is 34.5 Å². The number of thiophene rings is 1. The molecule has 0 radical (unpaired) electrons. The highest BCUT2D eigenvalue weighted by Crippen LogP contribution is 2.28. The van der Waals surface area contributed by atoms with Gasteiger partial charge in [0.25, 0.3) is 5.91 Å². The summed E-state index contributed by atoms with van der Waals surface area (Å²) in [5.41, 5.74) is 0. The number of carbonyl (C=O) groups is 1. The summed E-state index contributed by atoms with van der Waals surface area (Å²) in [6, 6.07) is 7.69. The molecule has 0 aliphatic rings. The molecule has 1 amide bonds. The van der Waals surface area contributed by atoms with Crippen molar-refractivity contribution >= 4 is 50.5 Å². The van der Waals surface area contributed by atoms with Gasteiger partial charge in [-0.1, -0.05) is 23.2 Å². The molecule has 1 heterocycles. The summed E-state index contributed by atoms with van der Waals surface area (Å²) in [7, 11) is -3.73. The Morgan fingerprint density at radius 1 is 1.33 bits per heavy atom. The Labute approximate surface area is 153 Å². The van der Waals surface area contributed by atoms with E-state index >= 15 is 0 Å². The van der Waals surface area contributed by atoms with Gasteiger partial charge in [0.15, 0.2) is 6.10 Å². The molecular weight excluding hydrogens is 395 g/mol. The van der Waals surface area contributed by atoms with Crippen LogP contribution in [0.4, 0.5) is 0 Å². The average Bonchev–Trinajstić information content (AvgIpc) is 2.96. The molecule has 0 saturated carbocycles. The summed E-state index contributed by atoms with van der Waals surface area (Å²) in [6.07, 6.45) is -0.790. The van der Waals surface area contributed by atoms with Crippen LogP contribution in [0, 0.1) is 0 Å². The van der Waals surface area contributed by atoms with Gasteiger partial charge in [0.2, 0.25) is 10.0 Å². The third-order valence-corrected chi connectivity index (χ3v) is 5.98. The number of benzene rings is 1. The van der Waals surface area contributed by atoms with Crippen LogP contribution >= 0.6 is 34.5 Å². The fraction of sp³-hybridized carbons (Fsp3) is 0.214. The predicted molar refractivity (Wildman–Crippen MR) is 94.1 cm³/mol. The third kappa shape index (κ3) is 5.09. The minimum atomic E-state index is -3.73. The number of rotatable bonds is 6. The summed E-state index contributed by atoms with van der Waals surface area (Å²) in [5.74, 6) is -0.0251. The molecule has 0 aliphatic heterocycles. The van der Waals surface area contributed by atoms with Gasteiger partial charge in [-0.3, -0.25) is 4.79 Å². The number of ether oxygens (including phenoxy) is 1. The Morgan fingerprint density at radius 2 is 2.04 bits per heavy atom. The first-order valence-electron chi connectivity index (χ1n) is 6.68. The Balaban J connectivity index is 1.93. The van der Waals surface area contributed by atoms with Crippen LogP contribution in [0.3, 0.4) is 0 Å². The van der Waals surface area contributed by atoms with Crippen LogP contribution in [-0.4, -0.2) is 20.4 Å². The Bertz CT molecular complexity index is 852. The molecule has 0 fully saturated rings. The molecule has 3 N–H and O–H groups in total. The van der Waals surface area contributed by atoms with E-state index in [1.807, 2.05) is 0 Å². The molecular formula is C14H14Cl2N2O4S2. The summed E-state index contributed by atoms with van der Waals surface area (Å²) < 4.78 is 28.0. The first kappa shape index (κ1) is 19.0. The molecule has 1 aromatic heterocycles. The molecule has 10 heteroatoms. The second-order valence-electron chi connectivity index (χ2n) is 4.82. The predicted octanol–water partition coefficient (Wildman–Crippen LogP) is 2.79. The van der Waals surface area contributed by atoms with Gasteiger partial charge in [-0.15, -0.1) is 11.3 Å². The smallest absolute Gasteiger partial charge is 0.261 e. The van der Waals surface area contributed by atoms with Crippen molar-refractivity contribution in [2.45, 2.75) is 23.8 Å². The Kier molecular flexibility index (Phi) is 6.11. The molecule has 2 aromatic rings. The molecule has 1 aromatic carbocycles. The van der Waals surface area contributed by atoms with Crippen molar-refractivity contribution in [3.05, 3.63) is 45.3 Å². The second-order valence-corrected chi connectivity index (χ2v) is 8.62. The van der Waals surface area contributed by atoms with E-state index in [4.69, 9.17) is 33.1 Å². The highest BCUT2D eigenvalue weighted by molar-refractivity contribution is 7.91. The fourth-order valence-corrected chi connectivity index (χ4v) is 3.91. The number of sulfonamides is 1. The zero-order chi connectivity index (χ0) is 17.9. The molecule has 0 spiro atoms. The number of hydrogen-bond acceptors (Lipinski definition) is 5. The molecule has 24 heavy (non-hydrogen) atoms. The van der Waals surface area contributed by atoms with E-state index in [2.05, 4.69) is 5.32 Å². The van der Waals surface area contributed by atoms with E-state index < -0.39 is 16.1 Å². The normalized spacial score (nSPS) is 12.7. The number of nitrogens with two attached hydrogens (primary N) is 1. The molecule has 0 aliphatic carbocycles. The highest BCUT2D eigenvalue weighted by atomic mass is 35.5. The van der Waals surface area contributed by atoms with Gasteiger partial charge < -0.3 is 10.1 Å². The number of nitrogens with one attached hydrogen (secondary N) is 1. The SMILES string of the molecule is CC(Oc1ccc(Cl)cc1Cl)C(=O)NCc1ccc(S(N)(=O)=O)s1. The fourth-order valence-electron chi connectivity index (χ4n) is 1.74. The van der Waals surface area contributed by atoms with Crippen molar-refractivity contribution in [3.63, 3.8) is 0 Å². The highest BCUT2D eigenvalue weighted by Gasteiger charge is 2.17. The maximum Gasteiger partial charge on any atom is 0.261 e. The van der Waals surface area contributed by atoms with Crippen molar-refractivity contribution in [3.8, 4) is 5.75 Å². The topological polar surface area (TPSA) is 98.5 Å². The lowest BCUT2D eigenvalue weighted by Crippen LogP contribution is -2.35. The van der Waals surface area contributed by atoms with Crippen molar-refractivity contribution in [2.24, 2.45) is 5.14 Å². The molecule has 6 nitrogen and oxygen atoms in total. The van der Waals surface area contributed by atoms with Gasteiger partial charge in [0, 0.05) is 9.90 Å². The van der Waals surface area contributed by atoms with Gasteiger partial charge in [0.05, 0.1) is 11.6 Å². The second kappa shape index (κ2) is 7.71. The van der Waals surface area contributed by atoms with E-state index in [1.165, 1.54) is 12.1 Å². The molecule has 130 valence electrons. The minimum absolute atomic E-state index is 0.0454. The van der Waals surface area contributed by atoms with Crippen molar-refractivity contribution in [2.75, 3.05) is 0 Å². The van der Waals surface area contributed by atoms with Gasteiger partial charge in [-0.25, -0.2) is 13.6 Å². The van der Waals surface area contributed by atoms with Gasteiger partial charge in [-0.2, -0.15) is 0 Å². The van der Waals surface area contributed by atoms with E-state index in [1.54, 1.807) is 25.1 Å². The standard InChI is InChI=1S/C14H14Cl2N2O4S2/c1-8(22-12-4-2-9(15)6-11(12)16)14(19)18-7-10-3-5-13(23-10)24(17,20)21/h2-6,8H,7H2,1H3,(H,18,19)(H2,17,20,21). The van der Waals surface area contributed by atoms with Gasteiger partial charge in [-0.05, 0) is 37.3 Å². The number of amides is 1. The van der Waals surface area contributed by atoms with Gasteiger partial charge >= 0.3 is 0 Å². The summed E-state index contributed by atoms with van der Waals surface area (Å²) in [6.45, 7) is 1.74. The molecule has 1 unspecified atom stereocenters. The molecule has 0 bridgehead atoms. The Morgan fingerprint density at radius 3 is 2.62 bits per heavy atom. The zero-order valence-corrected chi connectivity index (χ0v) is 15.6. The largest absolute Gasteiger partial charge is 0.479 e. The first-order valence-corrected chi connectivity index (χ1v) is 9.79. The zero-order valence-electron chi connectivity index (χ0n) is 12.5. The van der Waals surface area contributed by atoms with Crippen LogP contribution in [0.5, 0.6) is 5.75 Å². The summed E-state index contributed by atoms with van der Waals surface area (Å²) >= 11 is 12.8. The lowest BCUT2D eigenvalue weighted by Gasteiger charge is -2.15. The molecule has 2 rings (SSSR count). The summed E-state index contributed by atoms with van der Waals surface area (Å²) in [5, 5.41) is 8.46.